The van der Waals surface area contributed by atoms with Gasteiger partial charge in [-0.05, 0) is 43.2 Å². The van der Waals surface area contributed by atoms with Crippen LogP contribution in [-0.2, 0) is 9.59 Å². The molecule has 5 nitrogen and oxygen atoms in total. The van der Waals surface area contributed by atoms with Crippen LogP contribution in [0.1, 0.15) is 19.3 Å². The Labute approximate surface area is 141 Å². The van der Waals surface area contributed by atoms with Crippen LogP contribution < -0.4 is 16.0 Å². The van der Waals surface area contributed by atoms with E-state index in [9.17, 15) is 9.59 Å². The number of nitrogens with zero attached hydrogens (tertiary/aromatic N) is 1. The second-order valence-corrected chi connectivity index (χ2v) is 7.23. The molecule has 2 unspecified atom stereocenters. The topological polar surface area (TPSA) is 75.4 Å². The van der Waals surface area contributed by atoms with E-state index in [4.69, 9.17) is 5.73 Å². The summed E-state index contributed by atoms with van der Waals surface area (Å²) in [5, 5.41) is 2.91. The zero-order chi connectivity index (χ0) is 16.4. The molecule has 6 heteroatoms. The van der Waals surface area contributed by atoms with Gasteiger partial charge in [0.25, 0.3) is 0 Å². The first kappa shape index (κ1) is 16.3. The SMILES string of the molecule is CSc1cccc(N2CC(C(=O)NCC(N)C3CC3)CC2=O)c1. The highest BCUT2D eigenvalue weighted by Gasteiger charge is 2.36. The van der Waals surface area contributed by atoms with E-state index >= 15 is 0 Å². The maximum absolute atomic E-state index is 12.3. The van der Waals surface area contributed by atoms with Crippen LogP contribution in [0.25, 0.3) is 0 Å². The summed E-state index contributed by atoms with van der Waals surface area (Å²) in [7, 11) is 0. The highest BCUT2D eigenvalue weighted by Crippen LogP contribution is 2.31. The highest BCUT2D eigenvalue weighted by molar-refractivity contribution is 7.98. The lowest BCUT2D eigenvalue weighted by molar-refractivity contribution is -0.126. The van der Waals surface area contributed by atoms with Gasteiger partial charge in [-0.1, -0.05) is 6.07 Å². The summed E-state index contributed by atoms with van der Waals surface area (Å²) < 4.78 is 0. The van der Waals surface area contributed by atoms with E-state index < -0.39 is 0 Å². The number of anilines is 1. The van der Waals surface area contributed by atoms with Gasteiger partial charge < -0.3 is 16.0 Å². The fourth-order valence-corrected chi connectivity index (χ4v) is 3.42. The van der Waals surface area contributed by atoms with Gasteiger partial charge in [0.05, 0.1) is 5.92 Å². The van der Waals surface area contributed by atoms with Crippen LogP contribution in [0, 0.1) is 11.8 Å². The van der Waals surface area contributed by atoms with Crippen LogP contribution in [0.2, 0.25) is 0 Å². The molecule has 3 N–H and O–H groups in total. The molecule has 1 aromatic rings. The minimum atomic E-state index is -0.285. The molecule has 3 rings (SSSR count). The van der Waals surface area contributed by atoms with Crippen molar-refractivity contribution < 1.29 is 9.59 Å². The number of rotatable bonds is 6. The van der Waals surface area contributed by atoms with Crippen molar-refractivity contribution >= 4 is 29.3 Å². The van der Waals surface area contributed by atoms with Crippen LogP contribution >= 0.6 is 11.8 Å². The van der Waals surface area contributed by atoms with Gasteiger partial charge in [0.1, 0.15) is 0 Å². The molecule has 23 heavy (non-hydrogen) atoms. The molecule has 1 aromatic carbocycles. The third kappa shape index (κ3) is 3.87. The molecule has 1 saturated heterocycles. The van der Waals surface area contributed by atoms with Crippen molar-refractivity contribution in [3.8, 4) is 0 Å². The Morgan fingerprint density at radius 1 is 1.48 bits per heavy atom. The van der Waals surface area contributed by atoms with E-state index in [-0.39, 0.29) is 30.2 Å². The molecule has 2 amide bonds. The maximum Gasteiger partial charge on any atom is 0.227 e. The number of carbonyl (C=O) groups excluding carboxylic acids is 2. The molecule has 0 aromatic heterocycles. The van der Waals surface area contributed by atoms with E-state index in [0.29, 0.717) is 19.0 Å². The molecule has 0 radical (unpaired) electrons. The normalized spacial score (nSPS) is 22.3. The molecule has 1 aliphatic carbocycles. The number of thioether (sulfide) groups is 1. The van der Waals surface area contributed by atoms with E-state index in [1.807, 2.05) is 30.5 Å². The summed E-state index contributed by atoms with van der Waals surface area (Å²) in [6.07, 6.45) is 4.61. The standard InChI is InChI=1S/C17H23N3O2S/c1-23-14-4-2-3-13(8-14)20-10-12(7-16(20)21)17(22)19-9-15(18)11-5-6-11/h2-4,8,11-12,15H,5-7,9-10,18H2,1H3,(H,19,22). The van der Waals surface area contributed by atoms with E-state index in [0.717, 1.165) is 10.6 Å². The second kappa shape index (κ2) is 6.93. The van der Waals surface area contributed by atoms with Crippen molar-refractivity contribution in [2.24, 2.45) is 17.6 Å². The number of nitrogens with one attached hydrogen (secondary N) is 1. The summed E-state index contributed by atoms with van der Waals surface area (Å²) in [5.74, 6) is 0.228. The van der Waals surface area contributed by atoms with Gasteiger partial charge in [-0.3, -0.25) is 9.59 Å². The Hall–Kier alpha value is -1.53. The second-order valence-electron chi connectivity index (χ2n) is 6.35. The molecule has 2 atom stereocenters. The number of hydrogen-bond acceptors (Lipinski definition) is 4. The average molecular weight is 333 g/mol. The Kier molecular flexibility index (Phi) is 4.92. The number of amides is 2. The quantitative estimate of drug-likeness (QED) is 0.776. The summed E-state index contributed by atoms with van der Waals surface area (Å²) in [4.78, 5) is 27.4. The molecule has 2 fully saturated rings. The fraction of sp³-hybridized carbons (Fsp3) is 0.529. The Bertz CT molecular complexity index is 603. The van der Waals surface area contributed by atoms with Gasteiger partial charge in [-0.25, -0.2) is 0 Å². The van der Waals surface area contributed by atoms with Crippen molar-refractivity contribution in [2.45, 2.75) is 30.2 Å². The Balaban J connectivity index is 1.58. The highest BCUT2D eigenvalue weighted by atomic mass is 32.2. The number of nitrogens with two attached hydrogens (primary N) is 1. The van der Waals surface area contributed by atoms with Crippen molar-refractivity contribution in [2.75, 3.05) is 24.2 Å². The molecular formula is C17H23N3O2S. The lowest BCUT2D eigenvalue weighted by atomic mass is 10.1. The van der Waals surface area contributed by atoms with Crippen LogP contribution in [-0.4, -0.2) is 37.2 Å². The van der Waals surface area contributed by atoms with Crippen LogP contribution in [0.3, 0.4) is 0 Å². The first-order valence-electron chi connectivity index (χ1n) is 8.06. The lowest BCUT2D eigenvalue weighted by Gasteiger charge is -2.18. The largest absolute Gasteiger partial charge is 0.354 e. The maximum atomic E-state index is 12.3. The molecular weight excluding hydrogens is 310 g/mol. The fourth-order valence-electron chi connectivity index (χ4n) is 2.96. The summed E-state index contributed by atoms with van der Waals surface area (Å²) in [5.41, 5.74) is 6.88. The molecule has 124 valence electrons. The van der Waals surface area contributed by atoms with Crippen LogP contribution in [0.5, 0.6) is 0 Å². The molecule has 1 aliphatic heterocycles. The van der Waals surface area contributed by atoms with Gasteiger partial charge in [0, 0.05) is 36.1 Å². The smallest absolute Gasteiger partial charge is 0.227 e. The zero-order valence-electron chi connectivity index (χ0n) is 13.3. The number of hydrogen-bond donors (Lipinski definition) is 2. The minimum Gasteiger partial charge on any atom is -0.354 e. The van der Waals surface area contributed by atoms with Gasteiger partial charge in [0.2, 0.25) is 11.8 Å². The molecule has 0 spiro atoms. The van der Waals surface area contributed by atoms with E-state index in [1.165, 1.54) is 12.8 Å². The predicted molar refractivity (Wildman–Crippen MR) is 92.4 cm³/mol. The summed E-state index contributed by atoms with van der Waals surface area (Å²) in [6.45, 7) is 0.956. The van der Waals surface area contributed by atoms with Crippen molar-refractivity contribution in [1.29, 1.82) is 0 Å². The molecule has 1 heterocycles. The van der Waals surface area contributed by atoms with E-state index in [2.05, 4.69) is 5.32 Å². The summed E-state index contributed by atoms with van der Waals surface area (Å²) >= 11 is 1.64. The lowest BCUT2D eigenvalue weighted by Crippen LogP contribution is -2.41. The molecule has 2 aliphatic rings. The van der Waals surface area contributed by atoms with Gasteiger partial charge >= 0.3 is 0 Å². The monoisotopic (exact) mass is 333 g/mol. The third-order valence-electron chi connectivity index (χ3n) is 4.60. The molecule has 1 saturated carbocycles. The summed E-state index contributed by atoms with van der Waals surface area (Å²) in [6, 6.07) is 7.91. The third-order valence-corrected chi connectivity index (χ3v) is 5.33. The first-order valence-corrected chi connectivity index (χ1v) is 9.28. The average Bonchev–Trinajstić information content (AvgIpc) is 3.34. The predicted octanol–water partition coefficient (Wildman–Crippen LogP) is 1.61. The molecule has 0 bridgehead atoms. The van der Waals surface area contributed by atoms with Crippen molar-refractivity contribution in [1.82, 2.24) is 5.32 Å². The number of benzene rings is 1. The van der Waals surface area contributed by atoms with Gasteiger partial charge in [0.15, 0.2) is 0 Å². The van der Waals surface area contributed by atoms with Gasteiger partial charge in [-0.2, -0.15) is 0 Å². The zero-order valence-corrected chi connectivity index (χ0v) is 14.1. The van der Waals surface area contributed by atoms with Crippen molar-refractivity contribution in [3.05, 3.63) is 24.3 Å². The first-order chi connectivity index (χ1) is 11.1. The van der Waals surface area contributed by atoms with E-state index in [1.54, 1.807) is 16.7 Å². The van der Waals surface area contributed by atoms with Gasteiger partial charge in [-0.15, -0.1) is 11.8 Å². The Morgan fingerprint density at radius 3 is 2.96 bits per heavy atom. The Morgan fingerprint density at radius 2 is 2.26 bits per heavy atom. The van der Waals surface area contributed by atoms with Crippen LogP contribution in [0.15, 0.2) is 29.2 Å². The van der Waals surface area contributed by atoms with Crippen molar-refractivity contribution in [3.63, 3.8) is 0 Å². The number of carbonyl (C=O) groups is 2. The minimum absolute atomic E-state index is 0.00916. The van der Waals surface area contributed by atoms with Crippen LogP contribution in [0.4, 0.5) is 5.69 Å².